The summed E-state index contributed by atoms with van der Waals surface area (Å²) in [6.07, 6.45) is 8.09. The van der Waals surface area contributed by atoms with Gasteiger partial charge in [0.15, 0.2) is 0 Å². The van der Waals surface area contributed by atoms with Gasteiger partial charge in [0.1, 0.15) is 5.82 Å². The van der Waals surface area contributed by atoms with Crippen molar-refractivity contribution in [1.82, 2.24) is 9.97 Å². The fraction of sp³-hybridized carbons (Fsp3) is 0.250. The summed E-state index contributed by atoms with van der Waals surface area (Å²) < 4.78 is 0. The summed E-state index contributed by atoms with van der Waals surface area (Å²) in [4.78, 5) is 21.7. The largest absolute Gasteiger partial charge is 0.380 e. The number of halogens is 1. The summed E-state index contributed by atoms with van der Waals surface area (Å²) in [5.74, 6) is 1.38. The molecule has 170 valence electrons. The van der Waals surface area contributed by atoms with E-state index in [1.165, 1.54) is 23.8 Å². The average Bonchev–Trinajstić information content (AvgIpc) is 3.75. The number of amides is 1. The van der Waals surface area contributed by atoms with Crippen LogP contribution in [0.25, 0.3) is 22.0 Å². The van der Waals surface area contributed by atoms with Crippen LogP contribution in [0.1, 0.15) is 42.7 Å². The summed E-state index contributed by atoms with van der Waals surface area (Å²) in [5, 5.41) is 8.38. The van der Waals surface area contributed by atoms with Gasteiger partial charge in [-0.15, -0.1) is 0 Å². The molecule has 6 rings (SSSR count). The van der Waals surface area contributed by atoms with E-state index in [4.69, 9.17) is 11.6 Å². The molecule has 2 fully saturated rings. The van der Waals surface area contributed by atoms with Crippen LogP contribution in [0, 0.1) is 5.92 Å². The van der Waals surface area contributed by atoms with Crippen LogP contribution in [-0.2, 0) is 11.3 Å². The zero-order chi connectivity index (χ0) is 23.1. The van der Waals surface area contributed by atoms with E-state index >= 15 is 0 Å². The number of pyridine rings is 2. The minimum atomic E-state index is 0.0260. The molecule has 0 radical (unpaired) electrons. The third-order valence-corrected chi connectivity index (χ3v) is 6.78. The summed E-state index contributed by atoms with van der Waals surface area (Å²) in [7, 11) is 0. The molecule has 1 amide bonds. The Balaban J connectivity index is 1.31. The highest BCUT2D eigenvalue weighted by Gasteiger charge is 2.30. The lowest BCUT2D eigenvalue weighted by Gasteiger charge is -2.17. The lowest BCUT2D eigenvalue weighted by molar-refractivity contribution is -0.117. The van der Waals surface area contributed by atoms with Crippen LogP contribution in [0.2, 0.25) is 5.02 Å². The average molecular weight is 469 g/mol. The second-order valence-corrected chi connectivity index (χ2v) is 9.72. The third-order valence-electron chi connectivity index (χ3n) is 6.55. The number of aromatic nitrogens is 2. The Kier molecular flexibility index (Phi) is 5.42. The van der Waals surface area contributed by atoms with Gasteiger partial charge in [-0.25, -0.2) is 4.98 Å². The van der Waals surface area contributed by atoms with E-state index in [2.05, 4.69) is 44.9 Å². The van der Waals surface area contributed by atoms with Crippen molar-refractivity contribution in [3.63, 3.8) is 0 Å². The van der Waals surface area contributed by atoms with Crippen LogP contribution in [0.5, 0.6) is 0 Å². The summed E-state index contributed by atoms with van der Waals surface area (Å²) in [5.41, 5.74) is 6.14. The Morgan fingerprint density at radius 3 is 2.68 bits per heavy atom. The second-order valence-electron chi connectivity index (χ2n) is 9.28. The Hall–Kier alpha value is -3.44. The first-order chi connectivity index (χ1) is 16.6. The van der Waals surface area contributed by atoms with Crippen molar-refractivity contribution in [2.45, 2.75) is 38.1 Å². The molecule has 2 saturated carbocycles. The number of anilines is 2. The van der Waals surface area contributed by atoms with E-state index in [-0.39, 0.29) is 11.8 Å². The lowest BCUT2D eigenvalue weighted by Crippen LogP contribution is -2.16. The van der Waals surface area contributed by atoms with Crippen molar-refractivity contribution >= 4 is 39.9 Å². The van der Waals surface area contributed by atoms with Gasteiger partial charge in [-0.05, 0) is 84.7 Å². The normalized spacial score (nSPS) is 15.3. The van der Waals surface area contributed by atoms with Gasteiger partial charge in [0.25, 0.3) is 0 Å². The van der Waals surface area contributed by atoms with Crippen LogP contribution in [-0.4, -0.2) is 15.9 Å². The van der Waals surface area contributed by atoms with E-state index in [9.17, 15) is 4.79 Å². The molecule has 2 N–H and O–H groups in total. The standard InChI is InChI=1S/C28H25ClN4O/c29-23-3-1-2-21(14-23)26-25(10-11-30-27(26)33-28(34)19-6-7-19)32-16-17-12-22-13-20(18-4-5-18)8-9-24(22)31-15-17/h1-3,8-15,18-19H,4-7,16H2,(H2,30,32,33,34). The summed E-state index contributed by atoms with van der Waals surface area (Å²) in [6, 6.07) is 18.4. The highest BCUT2D eigenvalue weighted by molar-refractivity contribution is 6.30. The molecule has 0 atom stereocenters. The minimum Gasteiger partial charge on any atom is -0.380 e. The van der Waals surface area contributed by atoms with Crippen LogP contribution in [0.3, 0.4) is 0 Å². The monoisotopic (exact) mass is 468 g/mol. The molecule has 6 heteroatoms. The van der Waals surface area contributed by atoms with Crippen molar-refractivity contribution in [2.24, 2.45) is 5.92 Å². The Morgan fingerprint density at radius 1 is 1.00 bits per heavy atom. The molecule has 34 heavy (non-hydrogen) atoms. The molecule has 2 aliphatic rings. The number of benzene rings is 2. The molecule has 2 aliphatic carbocycles. The molecule has 4 aromatic rings. The van der Waals surface area contributed by atoms with Gasteiger partial charge in [-0.3, -0.25) is 9.78 Å². The first-order valence-corrected chi connectivity index (χ1v) is 12.2. The van der Waals surface area contributed by atoms with Crippen molar-refractivity contribution in [3.05, 3.63) is 83.1 Å². The van der Waals surface area contributed by atoms with Crippen LogP contribution >= 0.6 is 11.6 Å². The highest BCUT2D eigenvalue weighted by Crippen LogP contribution is 2.41. The zero-order valence-electron chi connectivity index (χ0n) is 18.7. The molecule has 2 aromatic heterocycles. The minimum absolute atomic E-state index is 0.0260. The number of carbonyl (C=O) groups is 1. The quantitative estimate of drug-likeness (QED) is 0.313. The van der Waals surface area contributed by atoms with Crippen LogP contribution in [0.4, 0.5) is 11.5 Å². The molecule has 5 nitrogen and oxygen atoms in total. The van der Waals surface area contributed by atoms with E-state index in [1.807, 2.05) is 36.5 Å². The maximum absolute atomic E-state index is 12.5. The zero-order valence-corrected chi connectivity index (χ0v) is 19.5. The Labute approximate surface area is 203 Å². The molecule has 0 aliphatic heterocycles. The molecular formula is C28H25ClN4O. The predicted molar refractivity (Wildman–Crippen MR) is 137 cm³/mol. The van der Waals surface area contributed by atoms with E-state index in [0.717, 1.165) is 40.7 Å². The molecule has 0 unspecified atom stereocenters. The lowest BCUT2D eigenvalue weighted by atomic mass is 10.0. The number of hydrogen-bond donors (Lipinski definition) is 2. The molecular weight excluding hydrogens is 444 g/mol. The number of nitrogens with one attached hydrogen (secondary N) is 2. The summed E-state index contributed by atoms with van der Waals surface area (Å²) >= 11 is 6.30. The molecule has 0 bridgehead atoms. The second kappa shape index (κ2) is 8.73. The summed E-state index contributed by atoms with van der Waals surface area (Å²) in [6.45, 7) is 0.601. The van der Waals surface area contributed by atoms with Crippen LogP contribution < -0.4 is 10.6 Å². The number of fused-ring (bicyclic) bond motifs is 1. The first-order valence-electron chi connectivity index (χ1n) is 11.8. The van der Waals surface area contributed by atoms with E-state index in [0.29, 0.717) is 23.3 Å². The van der Waals surface area contributed by atoms with Crippen LogP contribution in [0.15, 0.2) is 67.0 Å². The Bertz CT molecular complexity index is 1390. The smallest absolute Gasteiger partial charge is 0.228 e. The number of nitrogens with zero attached hydrogens (tertiary/aromatic N) is 2. The van der Waals surface area contributed by atoms with Crippen molar-refractivity contribution in [3.8, 4) is 11.1 Å². The maximum atomic E-state index is 12.5. The molecule has 2 aromatic carbocycles. The van der Waals surface area contributed by atoms with Gasteiger partial charge in [-0.2, -0.15) is 0 Å². The van der Waals surface area contributed by atoms with Crippen molar-refractivity contribution in [2.75, 3.05) is 10.6 Å². The fourth-order valence-corrected chi connectivity index (χ4v) is 4.55. The van der Waals surface area contributed by atoms with Gasteiger partial charge in [-0.1, -0.05) is 29.8 Å². The first kappa shape index (κ1) is 21.1. The van der Waals surface area contributed by atoms with E-state index < -0.39 is 0 Å². The molecule has 2 heterocycles. The van der Waals surface area contributed by atoms with Gasteiger partial charge in [0.05, 0.1) is 5.52 Å². The van der Waals surface area contributed by atoms with Gasteiger partial charge >= 0.3 is 0 Å². The third kappa shape index (κ3) is 4.48. The molecule has 0 saturated heterocycles. The number of hydrogen-bond acceptors (Lipinski definition) is 4. The highest BCUT2D eigenvalue weighted by atomic mass is 35.5. The SMILES string of the molecule is O=C(Nc1nccc(NCc2cnc3ccc(C4CC4)cc3c2)c1-c1cccc(Cl)c1)C1CC1. The topological polar surface area (TPSA) is 66.9 Å². The van der Waals surface area contributed by atoms with Gasteiger partial charge in [0, 0.05) is 46.5 Å². The predicted octanol–water partition coefficient (Wildman–Crippen LogP) is 6.79. The fourth-order valence-electron chi connectivity index (χ4n) is 4.36. The van der Waals surface area contributed by atoms with Gasteiger partial charge < -0.3 is 10.6 Å². The van der Waals surface area contributed by atoms with Crippen molar-refractivity contribution < 1.29 is 4.79 Å². The molecule has 0 spiro atoms. The van der Waals surface area contributed by atoms with E-state index in [1.54, 1.807) is 6.20 Å². The number of rotatable bonds is 7. The Morgan fingerprint density at radius 2 is 1.88 bits per heavy atom. The van der Waals surface area contributed by atoms with Gasteiger partial charge in [0.2, 0.25) is 5.91 Å². The van der Waals surface area contributed by atoms with Crippen molar-refractivity contribution in [1.29, 1.82) is 0 Å². The maximum Gasteiger partial charge on any atom is 0.228 e. The number of carbonyl (C=O) groups excluding carboxylic acids is 1.